The highest BCUT2D eigenvalue weighted by atomic mass is 35.5. The van der Waals surface area contributed by atoms with E-state index in [1.807, 2.05) is 24.3 Å². The average Bonchev–Trinajstić information content (AvgIpc) is 2.50. The first-order valence-electron chi connectivity index (χ1n) is 7.18. The smallest absolute Gasteiger partial charge is 0.159 e. The van der Waals surface area contributed by atoms with E-state index >= 15 is 0 Å². The molecule has 0 amide bonds. The summed E-state index contributed by atoms with van der Waals surface area (Å²) in [7, 11) is 4.34. The predicted molar refractivity (Wildman–Crippen MR) is 87.0 cm³/mol. The van der Waals surface area contributed by atoms with E-state index in [2.05, 4.69) is 39.4 Å². The van der Waals surface area contributed by atoms with Gasteiger partial charge in [0.2, 0.25) is 0 Å². The summed E-state index contributed by atoms with van der Waals surface area (Å²) < 4.78 is 0. The highest BCUT2D eigenvalue weighted by Crippen LogP contribution is 2.25. The summed E-state index contributed by atoms with van der Waals surface area (Å²) in [6.45, 7) is 4.12. The molecule has 1 aliphatic rings. The minimum absolute atomic E-state index is 0.450. The van der Waals surface area contributed by atoms with Crippen LogP contribution >= 0.6 is 11.6 Å². The second-order valence-electron chi connectivity index (χ2n) is 5.66. The molecule has 1 atom stereocenters. The van der Waals surface area contributed by atoms with Gasteiger partial charge in [-0.05, 0) is 14.1 Å². The van der Waals surface area contributed by atoms with Crippen LogP contribution in [0.3, 0.4) is 0 Å². The summed E-state index contributed by atoms with van der Waals surface area (Å²) in [5.41, 5.74) is 0. The Morgan fingerprint density at radius 2 is 1.95 bits per heavy atom. The van der Waals surface area contributed by atoms with E-state index in [4.69, 9.17) is 11.6 Å². The molecule has 0 bridgehead atoms. The van der Waals surface area contributed by atoms with Crippen LogP contribution in [0.15, 0.2) is 24.3 Å². The molecule has 0 radical (unpaired) electrons. The van der Waals surface area contributed by atoms with E-state index in [0.29, 0.717) is 11.2 Å². The molecule has 3 rings (SSSR count). The molecule has 21 heavy (non-hydrogen) atoms. The minimum atomic E-state index is 0.450. The molecule has 1 saturated heterocycles. The minimum Gasteiger partial charge on any atom is -0.366 e. The van der Waals surface area contributed by atoms with Gasteiger partial charge in [-0.15, -0.1) is 10.2 Å². The summed E-state index contributed by atoms with van der Waals surface area (Å²) in [5, 5.41) is 14.1. The molecule has 6 heteroatoms. The SMILES string of the molecule is CN1CCN(C)C(CNc2nnc(Cl)c3ccccc23)C1. The number of hydrogen-bond donors (Lipinski definition) is 1. The van der Waals surface area contributed by atoms with Crippen LogP contribution in [0.2, 0.25) is 5.15 Å². The number of rotatable bonds is 3. The van der Waals surface area contributed by atoms with E-state index < -0.39 is 0 Å². The summed E-state index contributed by atoms with van der Waals surface area (Å²) in [6, 6.07) is 8.42. The van der Waals surface area contributed by atoms with Gasteiger partial charge in [0.15, 0.2) is 11.0 Å². The number of nitrogens with one attached hydrogen (secondary N) is 1. The molecule has 5 nitrogen and oxygen atoms in total. The third-order valence-corrected chi connectivity index (χ3v) is 4.41. The zero-order valence-corrected chi connectivity index (χ0v) is 13.1. The fraction of sp³-hybridized carbons (Fsp3) is 0.467. The fourth-order valence-corrected chi connectivity index (χ4v) is 2.94. The van der Waals surface area contributed by atoms with E-state index in [9.17, 15) is 0 Å². The van der Waals surface area contributed by atoms with Gasteiger partial charge < -0.3 is 10.2 Å². The van der Waals surface area contributed by atoms with Gasteiger partial charge in [-0.1, -0.05) is 35.9 Å². The molecule has 1 fully saturated rings. The highest BCUT2D eigenvalue weighted by Gasteiger charge is 2.22. The number of piperazine rings is 1. The summed E-state index contributed by atoms with van der Waals surface area (Å²) in [6.07, 6.45) is 0. The molecule has 2 heterocycles. The first kappa shape index (κ1) is 14.5. The van der Waals surface area contributed by atoms with Crippen LogP contribution < -0.4 is 5.32 Å². The number of fused-ring (bicyclic) bond motifs is 1. The number of aromatic nitrogens is 2. The second kappa shape index (κ2) is 6.13. The van der Waals surface area contributed by atoms with Gasteiger partial charge in [-0.25, -0.2) is 0 Å². The van der Waals surface area contributed by atoms with Gasteiger partial charge in [0.25, 0.3) is 0 Å². The lowest BCUT2D eigenvalue weighted by Crippen LogP contribution is -2.52. The first-order chi connectivity index (χ1) is 10.1. The highest BCUT2D eigenvalue weighted by molar-refractivity contribution is 6.34. The normalized spacial score (nSPS) is 20.8. The molecular formula is C15H20ClN5. The second-order valence-corrected chi connectivity index (χ2v) is 6.02. The van der Waals surface area contributed by atoms with Crippen LogP contribution in [0, 0.1) is 0 Å². The molecule has 1 aliphatic heterocycles. The van der Waals surface area contributed by atoms with Crippen molar-refractivity contribution in [3.8, 4) is 0 Å². The number of nitrogens with zero attached hydrogens (tertiary/aromatic N) is 4. The lowest BCUT2D eigenvalue weighted by Gasteiger charge is -2.37. The molecule has 1 unspecified atom stereocenters. The predicted octanol–water partition coefficient (Wildman–Crippen LogP) is 1.94. The molecule has 0 aliphatic carbocycles. The number of likely N-dealkylation sites (N-methyl/N-ethyl adjacent to an activating group) is 2. The monoisotopic (exact) mass is 305 g/mol. The Hall–Kier alpha value is -1.43. The Kier molecular flexibility index (Phi) is 4.24. The van der Waals surface area contributed by atoms with Crippen LogP contribution in [-0.2, 0) is 0 Å². The van der Waals surface area contributed by atoms with Crippen molar-refractivity contribution in [1.82, 2.24) is 20.0 Å². The van der Waals surface area contributed by atoms with Crippen LogP contribution in [0.1, 0.15) is 0 Å². The lowest BCUT2D eigenvalue weighted by molar-refractivity contribution is 0.122. The maximum atomic E-state index is 6.10. The van der Waals surface area contributed by atoms with Crippen molar-refractivity contribution in [3.63, 3.8) is 0 Å². The number of anilines is 1. The van der Waals surface area contributed by atoms with E-state index in [0.717, 1.165) is 42.8 Å². The molecule has 1 N–H and O–H groups in total. The summed E-state index contributed by atoms with van der Waals surface area (Å²) in [5.74, 6) is 0.802. The van der Waals surface area contributed by atoms with Crippen molar-refractivity contribution < 1.29 is 0 Å². The maximum absolute atomic E-state index is 6.10. The summed E-state index contributed by atoms with van der Waals surface area (Å²) >= 11 is 6.10. The Balaban J connectivity index is 1.78. The van der Waals surface area contributed by atoms with E-state index in [-0.39, 0.29) is 0 Å². The lowest BCUT2D eigenvalue weighted by atomic mass is 10.1. The largest absolute Gasteiger partial charge is 0.366 e. The Bertz CT molecular complexity index is 632. The van der Waals surface area contributed by atoms with Crippen molar-refractivity contribution in [2.75, 3.05) is 45.6 Å². The van der Waals surface area contributed by atoms with Gasteiger partial charge in [0.1, 0.15) is 0 Å². The van der Waals surface area contributed by atoms with Crippen LogP contribution in [0.4, 0.5) is 5.82 Å². The van der Waals surface area contributed by atoms with Crippen molar-refractivity contribution >= 4 is 28.2 Å². The van der Waals surface area contributed by atoms with E-state index in [1.54, 1.807) is 0 Å². The van der Waals surface area contributed by atoms with Crippen LogP contribution in [0.5, 0.6) is 0 Å². The fourth-order valence-electron chi connectivity index (χ4n) is 2.74. The first-order valence-corrected chi connectivity index (χ1v) is 7.56. The number of benzene rings is 1. The topological polar surface area (TPSA) is 44.3 Å². The Labute approximate surface area is 129 Å². The quantitative estimate of drug-likeness (QED) is 0.939. The third-order valence-electron chi connectivity index (χ3n) is 4.13. The molecule has 0 spiro atoms. The molecule has 1 aromatic carbocycles. The zero-order valence-electron chi connectivity index (χ0n) is 12.4. The maximum Gasteiger partial charge on any atom is 0.159 e. The van der Waals surface area contributed by atoms with Crippen molar-refractivity contribution in [1.29, 1.82) is 0 Å². The standard InChI is InChI=1S/C15H20ClN5/c1-20-7-8-21(2)11(10-20)9-17-15-13-6-4-3-5-12(13)14(16)18-19-15/h3-6,11H,7-10H2,1-2H3,(H,17,19). The molecule has 1 aromatic heterocycles. The molecule has 0 saturated carbocycles. The Morgan fingerprint density at radius 1 is 1.19 bits per heavy atom. The van der Waals surface area contributed by atoms with Gasteiger partial charge in [-0.2, -0.15) is 0 Å². The zero-order chi connectivity index (χ0) is 14.8. The number of halogens is 1. The summed E-state index contributed by atoms with van der Waals surface area (Å²) in [4.78, 5) is 4.75. The van der Waals surface area contributed by atoms with Gasteiger partial charge in [0.05, 0.1) is 0 Å². The van der Waals surface area contributed by atoms with Crippen molar-refractivity contribution in [2.24, 2.45) is 0 Å². The molecule has 112 valence electrons. The van der Waals surface area contributed by atoms with Gasteiger partial charge in [-0.3, -0.25) is 4.90 Å². The van der Waals surface area contributed by atoms with Gasteiger partial charge in [0, 0.05) is 43.0 Å². The molecule has 2 aromatic rings. The van der Waals surface area contributed by atoms with Crippen molar-refractivity contribution in [3.05, 3.63) is 29.4 Å². The third kappa shape index (κ3) is 3.10. The van der Waals surface area contributed by atoms with E-state index in [1.165, 1.54) is 0 Å². The molecular weight excluding hydrogens is 286 g/mol. The van der Waals surface area contributed by atoms with Crippen molar-refractivity contribution in [2.45, 2.75) is 6.04 Å². The number of hydrogen-bond acceptors (Lipinski definition) is 5. The van der Waals surface area contributed by atoms with Crippen LogP contribution in [0.25, 0.3) is 10.8 Å². The Morgan fingerprint density at radius 3 is 2.76 bits per heavy atom. The van der Waals surface area contributed by atoms with Gasteiger partial charge >= 0.3 is 0 Å². The average molecular weight is 306 g/mol. The van der Waals surface area contributed by atoms with Crippen LogP contribution in [-0.4, -0.2) is 66.3 Å².